The zero-order chi connectivity index (χ0) is 31.6. The predicted molar refractivity (Wildman–Crippen MR) is 133 cm³/mol. The summed E-state index contributed by atoms with van der Waals surface area (Å²) in [5.74, 6) is -12.0. The lowest BCUT2D eigenvalue weighted by atomic mass is 9.98. The fourth-order valence-corrected chi connectivity index (χ4v) is 4.00. The van der Waals surface area contributed by atoms with Crippen molar-refractivity contribution in [2.24, 2.45) is 0 Å². The van der Waals surface area contributed by atoms with Crippen molar-refractivity contribution in [2.75, 3.05) is 0 Å². The van der Waals surface area contributed by atoms with E-state index in [0.29, 0.717) is 18.6 Å². The second-order valence-electron chi connectivity index (χ2n) is 8.96. The molecule has 0 amide bonds. The number of halogens is 11. The summed E-state index contributed by atoms with van der Waals surface area (Å²) in [5, 5.41) is 0. The minimum absolute atomic E-state index is 0.0263. The van der Waals surface area contributed by atoms with Gasteiger partial charge in [0.15, 0.2) is 17.5 Å². The molecule has 0 aliphatic rings. The molecule has 0 fully saturated rings. The van der Waals surface area contributed by atoms with Gasteiger partial charge in [-0.3, -0.25) is 0 Å². The van der Waals surface area contributed by atoms with Crippen molar-refractivity contribution >= 4 is 0 Å². The Balaban J connectivity index is 1.63. The number of rotatable bonds is 7. The van der Waals surface area contributed by atoms with Crippen LogP contribution < -0.4 is 4.74 Å². The van der Waals surface area contributed by atoms with E-state index in [4.69, 9.17) is 0 Å². The van der Waals surface area contributed by atoms with Crippen LogP contribution in [0.25, 0.3) is 11.1 Å². The van der Waals surface area contributed by atoms with Gasteiger partial charge in [-0.05, 0) is 60.4 Å². The lowest BCUT2D eigenvalue weighted by Crippen LogP contribution is -2.25. The molecule has 0 N–H and O–H groups in total. The molecule has 0 aliphatic heterocycles. The van der Waals surface area contributed by atoms with Crippen LogP contribution in [0.1, 0.15) is 28.7 Å². The molecule has 0 bridgehead atoms. The monoisotopic (exact) mass is 612 g/mol. The van der Waals surface area contributed by atoms with Crippen LogP contribution in [0.3, 0.4) is 0 Å². The van der Waals surface area contributed by atoms with Crippen molar-refractivity contribution in [3.05, 3.63) is 136 Å². The molecule has 1 nitrogen and oxygen atoms in total. The Labute approximate surface area is 236 Å². The van der Waals surface area contributed by atoms with Crippen molar-refractivity contribution in [1.29, 1.82) is 0 Å². The number of allylic oxidation sites excluding steroid dienone is 1. The molecule has 0 saturated heterocycles. The van der Waals surface area contributed by atoms with E-state index >= 15 is 0 Å². The van der Waals surface area contributed by atoms with Gasteiger partial charge in [0.2, 0.25) is 0 Å². The van der Waals surface area contributed by atoms with E-state index in [1.54, 1.807) is 0 Å². The minimum atomic E-state index is -4.86. The summed E-state index contributed by atoms with van der Waals surface area (Å²) >= 11 is 0. The minimum Gasteiger partial charge on any atom is -0.429 e. The number of hydrogen-bond donors (Lipinski definition) is 0. The average molecular weight is 612 g/mol. The van der Waals surface area contributed by atoms with Crippen molar-refractivity contribution in [2.45, 2.75) is 19.0 Å². The van der Waals surface area contributed by atoms with Crippen LogP contribution >= 0.6 is 0 Å². The maximum atomic E-state index is 14.7. The Morgan fingerprint density at radius 2 is 1.19 bits per heavy atom. The van der Waals surface area contributed by atoms with Crippen molar-refractivity contribution in [1.82, 2.24) is 0 Å². The summed E-state index contributed by atoms with van der Waals surface area (Å²) in [6.07, 6.45) is -2.62. The number of benzene rings is 4. The zero-order valence-corrected chi connectivity index (χ0v) is 21.4. The number of hydrogen-bond acceptors (Lipinski definition) is 1. The number of alkyl halides is 2. The Hall–Kier alpha value is -4.79. The Kier molecular flexibility index (Phi) is 8.85. The van der Waals surface area contributed by atoms with Gasteiger partial charge < -0.3 is 4.74 Å². The molecule has 222 valence electrons. The molecule has 43 heavy (non-hydrogen) atoms. The zero-order valence-electron chi connectivity index (χ0n) is 21.4. The molecular weight excluding hydrogens is 597 g/mol. The first-order chi connectivity index (χ1) is 20.2. The van der Waals surface area contributed by atoms with Gasteiger partial charge in [-0.2, -0.15) is 8.78 Å². The predicted octanol–water partition coefficient (Wildman–Crippen LogP) is 9.25. The van der Waals surface area contributed by atoms with Crippen LogP contribution in [0.2, 0.25) is 0 Å². The largest absolute Gasteiger partial charge is 0.432 e. The molecule has 0 spiro atoms. The molecule has 0 radical (unpaired) electrons. The topological polar surface area (TPSA) is 9.23 Å². The van der Waals surface area contributed by atoms with Crippen LogP contribution in [-0.2, 0) is 12.5 Å². The maximum Gasteiger partial charge on any atom is 0.432 e. The van der Waals surface area contributed by atoms with Gasteiger partial charge in [0.25, 0.3) is 0 Å². The van der Waals surface area contributed by atoms with Crippen LogP contribution in [0.15, 0.2) is 61.2 Å². The lowest BCUT2D eigenvalue weighted by molar-refractivity contribution is -0.189. The summed E-state index contributed by atoms with van der Waals surface area (Å²) in [4.78, 5) is 0. The highest BCUT2D eigenvalue weighted by Gasteiger charge is 2.41. The third-order valence-corrected chi connectivity index (χ3v) is 5.94. The number of aryl methyl sites for hydroxylation is 1. The molecule has 0 unspecified atom stereocenters. The quantitative estimate of drug-likeness (QED) is 0.0875. The molecule has 0 atom stereocenters. The van der Waals surface area contributed by atoms with E-state index in [1.807, 2.05) is 11.8 Å². The fourth-order valence-electron chi connectivity index (χ4n) is 4.00. The molecule has 12 heteroatoms. The third kappa shape index (κ3) is 6.66. The molecular formula is C31H15F11O. The summed E-state index contributed by atoms with van der Waals surface area (Å²) in [5.41, 5.74) is -4.58. The maximum absolute atomic E-state index is 14.7. The van der Waals surface area contributed by atoms with Crippen LogP contribution in [0.5, 0.6) is 5.75 Å². The van der Waals surface area contributed by atoms with E-state index in [-0.39, 0.29) is 36.2 Å². The number of ether oxygens (including phenoxy) is 1. The first-order valence-electron chi connectivity index (χ1n) is 12.0. The van der Waals surface area contributed by atoms with Crippen molar-refractivity contribution in [3.8, 4) is 28.7 Å². The molecule has 0 aromatic heterocycles. The van der Waals surface area contributed by atoms with Gasteiger partial charge in [0.05, 0.1) is 11.1 Å². The van der Waals surface area contributed by atoms with Gasteiger partial charge in [0, 0.05) is 17.7 Å². The van der Waals surface area contributed by atoms with E-state index in [1.165, 1.54) is 6.08 Å². The van der Waals surface area contributed by atoms with Gasteiger partial charge in [0.1, 0.15) is 46.2 Å². The second-order valence-corrected chi connectivity index (χ2v) is 8.96. The van der Waals surface area contributed by atoms with Crippen molar-refractivity contribution < 1.29 is 53.0 Å². The van der Waals surface area contributed by atoms with E-state index < -0.39 is 92.0 Å². The Bertz CT molecular complexity index is 1710. The standard InChI is InChI=1S/C31H15F11O/c1-2-3-4-15-7-22(34)28(23(35)8-15)17-11-20(32)19(21(33)12-17)6-5-16-9-24(36)29(25(37)10-16)31(41,42)43-18-13-26(38)30(40)27(39)14-18/h2,7-14H,1,3-4H2. The fraction of sp³-hybridized carbons (Fsp3) is 0.0968. The summed E-state index contributed by atoms with van der Waals surface area (Å²) in [6.45, 7) is 3.51. The molecule has 4 aromatic rings. The molecule has 0 aliphatic carbocycles. The normalized spacial score (nSPS) is 11.2. The highest BCUT2D eigenvalue weighted by atomic mass is 19.3. The summed E-state index contributed by atoms with van der Waals surface area (Å²) in [6, 6.07) is 3.75. The summed E-state index contributed by atoms with van der Waals surface area (Å²) < 4.78 is 160. The SMILES string of the molecule is C=CCCc1cc(F)c(-c2cc(F)c(C#Cc3cc(F)c(C(F)(F)Oc4cc(F)c(F)c(F)c4)c(F)c3)c(F)c2)c(F)c1. The van der Waals surface area contributed by atoms with Gasteiger partial charge in [-0.15, -0.1) is 6.58 Å². The van der Waals surface area contributed by atoms with Crippen LogP contribution in [-0.4, -0.2) is 0 Å². The van der Waals surface area contributed by atoms with Gasteiger partial charge in [-0.25, -0.2) is 39.5 Å². The molecule has 4 aromatic carbocycles. The lowest BCUT2D eigenvalue weighted by Gasteiger charge is -2.19. The van der Waals surface area contributed by atoms with Gasteiger partial charge in [-0.1, -0.05) is 17.9 Å². The van der Waals surface area contributed by atoms with Gasteiger partial charge >= 0.3 is 6.11 Å². The highest BCUT2D eigenvalue weighted by Crippen LogP contribution is 2.36. The summed E-state index contributed by atoms with van der Waals surface area (Å²) in [7, 11) is 0. The average Bonchev–Trinajstić information content (AvgIpc) is 2.89. The first kappa shape index (κ1) is 31.2. The smallest absolute Gasteiger partial charge is 0.429 e. The molecule has 0 heterocycles. The van der Waals surface area contributed by atoms with E-state index in [0.717, 1.165) is 12.1 Å². The molecule has 0 saturated carbocycles. The van der Waals surface area contributed by atoms with Crippen LogP contribution in [0, 0.1) is 64.2 Å². The third-order valence-electron chi connectivity index (χ3n) is 5.94. The first-order valence-corrected chi connectivity index (χ1v) is 12.0. The highest BCUT2D eigenvalue weighted by molar-refractivity contribution is 5.67. The second kappa shape index (κ2) is 12.2. The Morgan fingerprint density at radius 1 is 0.651 bits per heavy atom. The van der Waals surface area contributed by atoms with Crippen LogP contribution in [0.4, 0.5) is 48.3 Å². The van der Waals surface area contributed by atoms with Crippen molar-refractivity contribution in [3.63, 3.8) is 0 Å². The Morgan fingerprint density at radius 3 is 1.70 bits per heavy atom. The molecule has 4 rings (SSSR count). The van der Waals surface area contributed by atoms with E-state index in [9.17, 15) is 48.3 Å². The van der Waals surface area contributed by atoms with E-state index in [2.05, 4.69) is 11.3 Å².